The lowest BCUT2D eigenvalue weighted by molar-refractivity contribution is 0.0110. The van der Waals surface area contributed by atoms with Gasteiger partial charge in [0.25, 0.3) is 5.91 Å². The molecule has 5 nitrogen and oxygen atoms in total. The number of aliphatic hydroxyl groups is 1. The van der Waals surface area contributed by atoms with Crippen LogP contribution >= 0.6 is 0 Å². The minimum Gasteiger partial charge on any atom is -0.389 e. The molecular formula is C16H22F2N2O3. The summed E-state index contributed by atoms with van der Waals surface area (Å²) in [6.45, 7) is 4.97. The Morgan fingerprint density at radius 3 is 2.43 bits per heavy atom. The molecule has 0 aliphatic carbocycles. The van der Waals surface area contributed by atoms with E-state index in [0.717, 1.165) is 12.1 Å². The third kappa shape index (κ3) is 4.70. The number of benzene rings is 1. The molecule has 1 atom stereocenters. The molecule has 0 saturated carbocycles. The summed E-state index contributed by atoms with van der Waals surface area (Å²) in [5.41, 5.74) is -0.502. The van der Waals surface area contributed by atoms with Crippen molar-refractivity contribution in [3.05, 3.63) is 35.4 Å². The van der Waals surface area contributed by atoms with Gasteiger partial charge in [0.05, 0.1) is 12.7 Å². The van der Waals surface area contributed by atoms with Gasteiger partial charge >= 0.3 is 0 Å². The van der Waals surface area contributed by atoms with Crippen LogP contribution in [0.1, 0.15) is 17.3 Å². The number of amides is 1. The summed E-state index contributed by atoms with van der Waals surface area (Å²) in [5, 5.41) is 9.81. The number of aliphatic hydroxyl groups excluding tert-OH is 1. The van der Waals surface area contributed by atoms with E-state index in [4.69, 9.17) is 4.74 Å². The summed E-state index contributed by atoms with van der Waals surface area (Å²) in [4.78, 5) is 15.7. The van der Waals surface area contributed by atoms with Crippen molar-refractivity contribution in [3.63, 3.8) is 0 Å². The minimum atomic E-state index is -0.843. The molecule has 1 heterocycles. The molecule has 23 heavy (non-hydrogen) atoms. The van der Waals surface area contributed by atoms with Gasteiger partial charge in [0.1, 0.15) is 17.2 Å². The predicted octanol–water partition coefficient (Wildman–Crippen LogP) is 1.12. The summed E-state index contributed by atoms with van der Waals surface area (Å²) in [7, 11) is 0. The van der Waals surface area contributed by atoms with Crippen LogP contribution in [-0.4, -0.2) is 72.9 Å². The number of hydrogen-bond acceptors (Lipinski definition) is 4. The molecule has 1 amide bonds. The van der Waals surface area contributed by atoms with Gasteiger partial charge in [-0.2, -0.15) is 0 Å². The highest BCUT2D eigenvalue weighted by molar-refractivity contribution is 5.94. The molecule has 1 aromatic rings. The van der Waals surface area contributed by atoms with E-state index in [1.807, 2.05) is 11.8 Å². The van der Waals surface area contributed by atoms with Crippen LogP contribution in [0.2, 0.25) is 0 Å². The average molecular weight is 328 g/mol. The molecule has 0 aromatic heterocycles. The van der Waals surface area contributed by atoms with Crippen LogP contribution in [-0.2, 0) is 4.74 Å². The Labute approximate surface area is 134 Å². The van der Waals surface area contributed by atoms with Gasteiger partial charge < -0.3 is 14.7 Å². The first-order chi connectivity index (χ1) is 11.0. The number of ether oxygens (including phenoxy) is 1. The molecule has 2 rings (SSSR count). The second-order valence-electron chi connectivity index (χ2n) is 5.50. The third-order valence-corrected chi connectivity index (χ3v) is 3.82. The second-order valence-corrected chi connectivity index (χ2v) is 5.50. The Hall–Kier alpha value is -1.57. The smallest absolute Gasteiger partial charge is 0.259 e. The molecule has 0 bridgehead atoms. The molecule has 1 fully saturated rings. The molecule has 0 spiro atoms. The summed E-state index contributed by atoms with van der Waals surface area (Å²) < 4.78 is 32.5. The third-order valence-electron chi connectivity index (χ3n) is 3.82. The van der Waals surface area contributed by atoms with Crippen LogP contribution in [0.25, 0.3) is 0 Å². The highest BCUT2D eigenvalue weighted by atomic mass is 19.1. The fourth-order valence-corrected chi connectivity index (χ4v) is 2.60. The topological polar surface area (TPSA) is 53.0 Å². The van der Waals surface area contributed by atoms with E-state index in [2.05, 4.69) is 0 Å². The van der Waals surface area contributed by atoms with Gasteiger partial charge in [0.15, 0.2) is 0 Å². The highest BCUT2D eigenvalue weighted by Gasteiger charge is 2.27. The molecule has 0 radical (unpaired) electrons. The number of carbonyl (C=O) groups is 1. The summed E-state index contributed by atoms with van der Waals surface area (Å²) in [6, 6.07) is 3.40. The zero-order chi connectivity index (χ0) is 16.8. The fraction of sp³-hybridized carbons (Fsp3) is 0.562. The van der Waals surface area contributed by atoms with E-state index in [9.17, 15) is 18.7 Å². The Bertz CT molecular complexity index is 514. The van der Waals surface area contributed by atoms with Crippen molar-refractivity contribution in [2.24, 2.45) is 0 Å². The van der Waals surface area contributed by atoms with E-state index in [0.29, 0.717) is 39.3 Å². The number of rotatable bonds is 6. The SMILES string of the molecule is CCOC[C@H](O)CN1CCN(C(=O)c2c(F)cccc2F)CC1. The lowest BCUT2D eigenvalue weighted by atomic mass is 10.1. The van der Waals surface area contributed by atoms with Crippen molar-refractivity contribution < 1.29 is 23.4 Å². The summed E-state index contributed by atoms with van der Waals surface area (Å²) >= 11 is 0. The van der Waals surface area contributed by atoms with E-state index in [1.54, 1.807) is 0 Å². The Balaban J connectivity index is 1.88. The predicted molar refractivity (Wildman–Crippen MR) is 81.2 cm³/mol. The lowest BCUT2D eigenvalue weighted by Gasteiger charge is -2.35. The standard InChI is InChI=1S/C16H22F2N2O3/c1-2-23-11-12(21)10-19-6-8-20(9-7-19)16(22)15-13(17)4-3-5-14(15)18/h3-5,12,21H,2,6-11H2,1H3/t12-/m1/s1. The normalized spacial score (nSPS) is 17.3. The van der Waals surface area contributed by atoms with Gasteiger partial charge in [-0.05, 0) is 19.1 Å². The fourth-order valence-electron chi connectivity index (χ4n) is 2.60. The Kier molecular flexibility index (Phi) is 6.44. The molecular weight excluding hydrogens is 306 g/mol. The Morgan fingerprint density at radius 2 is 1.87 bits per heavy atom. The van der Waals surface area contributed by atoms with Crippen LogP contribution in [0.3, 0.4) is 0 Å². The maximum atomic E-state index is 13.7. The van der Waals surface area contributed by atoms with Gasteiger partial charge in [0.2, 0.25) is 0 Å². The minimum absolute atomic E-state index is 0.274. The highest BCUT2D eigenvalue weighted by Crippen LogP contribution is 2.16. The van der Waals surface area contributed by atoms with E-state index >= 15 is 0 Å². The second kappa shape index (κ2) is 8.33. The molecule has 0 unspecified atom stereocenters. The number of β-amino-alcohol motifs (C(OH)–C–C–N with tert-alkyl or cyclic N) is 1. The van der Waals surface area contributed by atoms with E-state index < -0.39 is 29.2 Å². The van der Waals surface area contributed by atoms with Crippen LogP contribution in [0.5, 0.6) is 0 Å². The zero-order valence-electron chi connectivity index (χ0n) is 13.2. The van der Waals surface area contributed by atoms with Gasteiger partial charge in [0, 0.05) is 39.3 Å². The zero-order valence-corrected chi connectivity index (χ0v) is 13.2. The maximum Gasteiger partial charge on any atom is 0.259 e. The largest absolute Gasteiger partial charge is 0.389 e. The van der Waals surface area contributed by atoms with Gasteiger partial charge in [-0.15, -0.1) is 0 Å². The number of nitrogens with zero attached hydrogens (tertiary/aromatic N) is 2. The van der Waals surface area contributed by atoms with Crippen LogP contribution in [0.15, 0.2) is 18.2 Å². The van der Waals surface area contributed by atoms with Crippen molar-refractivity contribution in [3.8, 4) is 0 Å². The summed E-state index contributed by atoms with van der Waals surface area (Å²) in [5.74, 6) is -2.32. The summed E-state index contributed by atoms with van der Waals surface area (Å²) in [6.07, 6.45) is -0.582. The molecule has 1 saturated heterocycles. The van der Waals surface area contributed by atoms with Crippen molar-refractivity contribution in [2.45, 2.75) is 13.0 Å². The average Bonchev–Trinajstić information content (AvgIpc) is 2.53. The number of piperazine rings is 1. The van der Waals surface area contributed by atoms with Crippen LogP contribution in [0.4, 0.5) is 8.78 Å². The number of halogens is 2. The first kappa shape index (κ1) is 17.8. The lowest BCUT2D eigenvalue weighted by Crippen LogP contribution is -2.51. The van der Waals surface area contributed by atoms with Crippen molar-refractivity contribution in [1.29, 1.82) is 0 Å². The maximum absolute atomic E-state index is 13.7. The van der Waals surface area contributed by atoms with Crippen molar-refractivity contribution in [1.82, 2.24) is 9.80 Å². The molecule has 1 aliphatic heterocycles. The van der Waals surface area contributed by atoms with Gasteiger partial charge in [-0.3, -0.25) is 9.69 Å². The van der Waals surface area contributed by atoms with Crippen LogP contribution < -0.4 is 0 Å². The van der Waals surface area contributed by atoms with Gasteiger partial charge in [-0.1, -0.05) is 6.07 Å². The molecule has 1 N–H and O–H groups in total. The quantitative estimate of drug-likeness (QED) is 0.850. The first-order valence-corrected chi connectivity index (χ1v) is 7.74. The first-order valence-electron chi connectivity index (χ1n) is 7.74. The number of carbonyl (C=O) groups excluding carboxylic acids is 1. The van der Waals surface area contributed by atoms with Crippen LogP contribution in [0, 0.1) is 11.6 Å². The number of hydrogen-bond donors (Lipinski definition) is 1. The molecule has 7 heteroatoms. The Morgan fingerprint density at radius 1 is 1.26 bits per heavy atom. The van der Waals surface area contributed by atoms with Crippen molar-refractivity contribution in [2.75, 3.05) is 45.9 Å². The monoisotopic (exact) mass is 328 g/mol. The van der Waals surface area contributed by atoms with Crippen molar-refractivity contribution >= 4 is 5.91 Å². The van der Waals surface area contributed by atoms with Gasteiger partial charge in [-0.25, -0.2) is 8.78 Å². The molecule has 1 aromatic carbocycles. The molecule has 1 aliphatic rings. The van der Waals surface area contributed by atoms with E-state index in [1.165, 1.54) is 11.0 Å². The molecule has 128 valence electrons. The van der Waals surface area contributed by atoms with E-state index in [-0.39, 0.29) is 6.61 Å².